The topological polar surface area (TPSA) is 32.3 Å². The Balaban J connectivity index is 0.000000791. The number of rotatable bonds is 2. The van der Waals surface area contributed by atoms with E-state index in [0.29, 0.717) is 12.5 Å². The Bertz CT molecular complexity index is 153. The highest BCUT2D eigenvalue weighted by atomic mass is 16.2. The molecule has 84 valence electrons. The van der Waals surface area contributed by atoms with Crippen molar-refractivity contribution >= 4 is 5.91 Å². The molecule has 0 saturated carbocycles. The molecule has 1 rings (SSSR count). The quantitative estimate of drug-likeness (QED) is 0.735. The SMILES string of the molecule is CC.CCC(=O)N(C)C1CCNCC1. The molecule has 0 spiro atoms. The fraction of sp³-hybridized carbons (Fsp3) is 0.909. The van der Waals surface area contributed by atoms with Crippen LogP contribution in [0.4, 0.5) is 0 Å². The summed E-state index contributed by atoms with van der Waals surface area (Å²) < 4.78 is 0. The second-order valence-electron chi connectivity index (χ2n) is 3.34. The van der Waals surface area contributed by atoms with Gasteiger partial charge in [0, 0.05) is 19.5 Å². The number of hydrogen-bond donors (Lipinski definition) is 1. The highest BCUT2D eigenvalue weighted by Gasteiger charge is 2.20. The van der Waals surface area contributed by atoms with Gasteiger partial charge in [-0.1, -0.05) is 20.8 Å². The molecule has 0 atom stereocenters. The molecule has 1 amide bonds. The number of nitrogens with one attached hydrogen (secondary N) is 1. The monoisotopic (exact) mass is 200 g/mol. The van der Waals surface area contributed by atoms with E-state index in [4.69, 9.17) is 0 Å². The first-order valence-electron chi connectivity index (χ1n) is 5.72. The first kappa shape index (κ1) is 13.4. The second kappa shape index (κ2) is 7.80. The molecular formula is C11H24N2O. The van der Waals surface area contributed by atoms with Crippen LogP contribution in [0.5, 0.6) is 0 Å². The fourth-order valence-electron chi connectivity index (χ4n) is 1.65. The van der Waals surface area contributed by atoms with E-state index in [2.05, 4.69) is 5.32 Å². The number of nitrogens with zero attached hydrogens (tertiary/aromatic N) is 1. The van der Waals surface area contributed by atoms with Gasteiger partial charge in [-0.2, -0.15) is 0 Å². The third kappa shape index (κ3) is 4.09. The molecule has 1 saturated heterocycles. The van der Waals surface area contributed by atoms with Gasteiger partial charge in [0.15, 0.2) is 0 Å². The first-order valence-corrected chi connectivity index (χ1v) is 5.72. The summed E-state index contributed by atoms with van der Waals surface area (Å²) in [5.74, 6) is 0.266. The zero-order valence-electron chi connectivity index (χ0n) is 9.97. The van der Waals surface area contributed by atoms with Gasteiger partial charge in [0.25, 0.3) is 0 Å². The molecule has 3 nitrogen and oxygen atoms in total. The Kier molecular flexibility index (Phi) is 7.48. The lowest BCUT2D eigenvalue weighted by molar-refractivity contribution is -0.132. The van der Waals surface area contributed by atoms with Gasteiger partial charge >= 0.3 is 0 Å². The van der Waals surface area contributed by atoms with Crippen molar-refractivity contribution < 1.29 is 4.79 Å². The zero-order chi connectivity index (χ0) is 11.0. The summed E-state index contributed by atoms with van der Waals surface area (Å²) in [7, 11) is 1.92. The number of hydrogen-bond acceptors (Lipinski definition) is 2. The summed E-state index contributed by atoms with van der Waals surface area (Å²) in [5, 5.41) is 3.29. The van der Waals surface area contributed by atoms with Crippen molar-refractivity contribution in [2.75, 3.05) is 20.1 Å². The van der Waals surface area contributed by atoms with Crippen molar-refractivity contribution in [2.24, 2.45) is 0 Å². The molecule has 1 N–H and O–H groups in total. The van der Waals surface area contributed by atoms with Crippen LogP contribution in [0, 0.1) is 0 Å². The van der Waals surface area contributed by atoms with Crippen LogP contribution in [-0.4, -0.2) is 37.0 Å². The van der Waals surface area contributed by atoms with Gasteiger partial charge in [0.1, 0.15) is 0 Å². The molecule has 0 aromatic carbocycles. The summed E-state index contributed by atoms with van der Waals surface area (Å²) in [4.78, 5) is 13.2. The Hall–Kier alpha value is -0.570. The predicted octanol–water partition coefficient (Wildman–Crippen LogP) is 1.63. The van der Waals surface area contributed by atoms with Crippen LogP contribution in [0.2, 0.25) is 0 Å². The minimum Gasteiger partial charge on any atom is -0.343 e. The largest absolute Gasteiger partial charge is 0.343 e. The Labute approximate surface area is 87.9 Å². The molecule has 1 fully saturated rings. The maximum atomic E-state index is 11.3. The molecule has 0 aliphatic carbocycles. The van der Waals surface area contributed by atoms with Crippen LogP contribution >= 0.6 is 0 Å². The van der Waals surface area contributed by atoms with Gasteiger partial charge in [0.2, 0.25) is 5.91 Å². The Morgan fingerprint density at radius 2 is 1.86 bits per heavy atom. The molecule has 14 heavy (non-hydrogen) atoms. The summed E-state index contributed by atoms with van der Waals surface area (Å²) in [6.07, 6.45) is 2.82. The van der Waals surface area contributed by atoms with Gasteiger partial charge in [-0.3, -0.25) is 4.79 Å². The van der Waals surface area contributed by atoms with Crippen LogP contribution in [0.3, 0.4) is 0 Å². The van der Waals surface area contributed by atoms with Crippen LogP contribution < -0.4 is 5.32 Å². The van der Waals surface area contributed by atoms with E-state index in [1.165, 1.54) is 0 Å². The molecule has 0 unspecified atom stereocenters. The standard InChI is InChI=1S/C9H18N2O.C2H6/c1-3-9(12)11(2)8-4-6-10-7-5-8;1-2/h8,10H,3-7H2,1-2H3;1-2H3. The molecule has 1 aliphatic rings. The van der Waals surface area contributed by atoms with E-state index >= 15 is 0 Å². The molecule has 0 aromatic heterocycles. The minimum absolute atomic E-state index is 0.266. The van der Waals surface area contributed by atoms with Gasteiger partial charge in [-0.05, 0) is 25.9 Å². The van der Waals surface area contributed by atoms with E-state index < -0.39 is 0 Å². The lowest BCUT2D eigenvalue weighted by Crippen LogP contribution is -2.43. The van der Waals surface area contributed by atoms with Crippen LogP contribution in [-0.2, 0) is 4.79 Å². The fourth-order valence-corrected chi connectivity index (χ4v) is 1.65. The van der Waals surface area contributed by atoms with Crippen molar-refractivity contribution in [3.8, 4) is 0 Å². The maximum Gasteiger partial charge on any atom is 0.222 e. The maximum absolute atomic E-state index is 11.3. The van der Waals surface area contributed by atoms with E-state index in [9.17, 15) is 4.79 Å². The Morgan fingerprint density at radius 3 is 2.29 bits per heavy atom. The van der Waals surface area contributed by atoms with Crippen molar-refractivity contribution in [3.05, 3.63) is 0 Å². The van der Waals surface area contributed by atoms with Crippen molar-refractivity contribution in [2.45, 2.75) is 46.1 Å². The highest BCUT2D eigenvalue weighted by Crippen LogP contribution is 2.10. The normalized spacial score (nSPS) is 16.9. The van der Waals surface area contributed by atoms with Gasteiger partial charge in [-0.25, -0.2) is 0 Å². The lowest BCUT2D eigenvalue weighted by Gasteiger charge is -2.31. The van der Waals surface area contributed by atoms with Crippen molar-refractivity contribution in [1.29, 1.82) is 0 Å². The van der Waals surface area contributed by atoms with E-state index in [-0.39, 0.29) is 5.91 Å². The minimum atomic E-state index is 0.266. The average molecular weight is 200 g/mol. The summed E-state index contributed by atoms with van der Waals surface area (Å²) in [5.41, 5.74) is 0. The van der Waals surface area contributed by atoms with Crippen LogP contribution in [0.15, 0.2) is 0 Å². The third-order valence-electron chi connectivity index (χ3n) is 2.55. The first-order chi connectivity index (χ1) is 6.75. The number of amides is 1. The summed E-state index contributed by atoms with van der Waals surface area (Å²) in [6.45, 7) is 8.01. The van der Waals surface area contributed by atoms with Gasteiger partial charge in [0.05, 0.1) is 0 Å². The summed E-state index contributed by atoms with van der Waals surface area (Å²) in [6, 6.07) is 0.471. The van der Waals surface area contributed by atoms with E-state index in [0.717, 1.165) is 25.9 Å². The second-order valence-corrected chi connectivity index (χ2v) is 3.34. The summed E-state index contributed by atoms with van der Waals surface area (Å²) >= 11 is 0. The average Bonchev–Trinajstić information content (AvgIpc) is 2.31. The van der Waals surface area contributed by atoms with Crippen LogP contribution in [0.25, 0.3) is 0 Å². The molecule has 1 aliphatic heterocycles. The van der Waals surface area contributed by atoms with Crippen molar-refractivity contribution in [1.82, 2.24) is 10.2 Å². The van der Waals surface area contributed by atoms with Gasteiger partial charge < -0.3 is 10.2 Å². The molecule has 1 heterocycles. The number of carbonyl (C=O) groups excluding carboxylic acids is 1. The van der Waals surface area contributed by atoms with E-state index in [1.807, 2.05) is 32.7 Å². The molecular weight excluding hydrogens is 176 g/mol. The van der Waals surface area contributed by atoms with E-state index in [1.54, 1.807) is 0 Å². The lowest BCUT2D eigenvalue weighted by atomic mass is 10.1. The molecule has 3 heteroatoms. The van der Waals surface area contributed by atoms with Crippen molar-refractivity contribution in [3.63, 3.8) is 0 Å². The smallest absolute Gasteiger partial charge is 0.222 e. The molecule has 0 radical (unpaired) electrons. The number of piperidine rings is 1. The third-order valence-corrected chi connectivity index (χ3v) is 2.55. The highest BCUT2D eigenvalue weighted by molar-refractivity contribution is 5.75. The Morgan fingerprint density at radius 1 is 1.36 bits per heavy atom. The molecule has 0 bridgehead atoms. The molecule has 0 aromatic rings. The zero-order valence-corrected chi connectivity index (χ0v) is 9.97. The van der Waals surface area contributed by atoms with Gasteiger partial charge in [-0.15, -0.1) is 0 Å². The predicted molar refractivity (Wildman–Crippen MR) is 60.3 cm³/mol. The number of carbonyl (C=O) groups is 1. The van der Waals surface area contributed by atoms with Crippen LogP contribution in [0.1, 0.15) is 40.0 Å².